The maximum Gasteiger partial charge on any atom is 0.350 e. The van der Waals surface area contributed by atoms with Crippen LogP contribution in [-0.4, -0.2) is 95.4 Å². The molecule has 13 rings (SSSR count). The van der Waals surface area contributed by atoms with E-state index in [-0.39, 0.29) is 63.5 Å². The van der Waals surface area contributed by atoms with E-state index in [2.05, 4.69) is 34.6 Å². The van der Waals surface area contributed by atoms with Gasteiger partial charge in [-0.25, -0.2) is 4.79 Å². The van der Waals surface area contributed by atoms with Gasteiger partial charge in [-0.1, -0.05) is 34.6 Å². The van der Waals surface area contributed by atoms with Crippen LogP contribution in [0.5, 0.6) is 0 Å². The molecule has 10 saturated carbocycles. The maximum absolute atomic E-state index is 12.6. The summed E-state index contributed by atoms with van der Waals surface area (Å²) in [5.74, 6) is 5.22. The monoisotopic (exact) mass is 1150 g/mol. The number of aliphatic hydroxyl groups excluding tert-OH is 1. The van der Waals surface area contributed by atoms with Gasteiger partial charge in [0.15, 0.2) is 24.3 Å². The van der Waals surface area contributed by atoms with E-state index in [1.54, 1.807) is 33.8 Å². The average molecular weight is 1150 g/mol. The zero-order chi connectivity index (χ0) is 60.8. The molecule has 0 aromatic carbocycles. The SMILES string of the molecule is CC#N.CCC(C)(C)C(=O)OC(C)(C)C12CC3CC(CC(C3)C1)C2.CCC(C)(C)C(=O)OC1(CC)C2CC3CC(C2)CC1C3.CCC(C)(C)C(=O)OC1CC2CCC1C2.CCC(C)(CO)C(=O)OC1C(=O)OC2C3OC(C)(C)OC3OC12. The van der Waals surface area contributed by atoms with Gasteiger partial charge in [-0.3, -0.25) is 19.2 Å². The Hall–Kier alpha value is -3.32. The molecule has 466 valence electrons. The van der Waals surface area contributed by atoms with Crippen LogP contribution in [0.15, 0.2) is 0 Å². The van der Waals surface area contributed by atoms with Crippen molar-refractivity contribution in [2.75, 3.05) is 6.61 Å². The highest BCUT2D eigenvalue weighted by atomic mass is 16.9. The van der Waals surface area contributed by atoms with Gasteiger partial charge >= 0.3 is 29.8 Å². The number of hydrogen-bond acceptors (Lipinski definition) is 15. The molecule has 3 heterocycles. The number of aliphatic hydroxyl groups is 1. The first-order valence-electron chi connectivity index (χ1n) is 32.3. The predicted octanol–water partition coefficient (Wildman–Crippen LogP) is 13.3. The molecule has 9 atom stereocenters. The maximum atomic E-state index is 12.6. The van der Waals surface area contributed by atoms with Gasteiger partial charge in [0.05, 0.1) is 34.3 Å². The van der Waals surface area contributed by atoms with Crippen LogP contribution in [0.1, 0.15) is 246 Å². The van der Waals surface area contributed by atoms with Crippen LogP contribution < -0.4 is 0 Å². The number of nitrogens with zero attached hydrogens (tertiary/aromatic N) is 1. The van der Waals surface area contributed by atoms with Crippen molar-refractivity contribution in [1.82, 2.24) is 0 Å². The van der Waals surface area contributed by atoms with E-state index in [1.165, 1.54) is 96.8 Å². The Morgan fingerprint density at radius 3 is 1.56 bits per heavy atom. The zero-order valence-electron chi connectivity index (χ0n) is 53.7. The highest BCUT2D eigenvalue weighted by molar-refractivity contribution is 5.84. The summed E-state index contributed by atoms with van der Waals surface area (Å²) < 4.78 is 45.6. The number of nitriles is 1. The number of fused-ring (bicyclic) bond motifs is 5. The van der Waals surface area contributed by atoms with Gasteiger partial charge in [0.1, 0.15) is 23.4 Å². The minimum Gasteiger partial charge on any atom is -0.462 e. The summed E-state index contributed by atoms with van der Waals surface area (Å²) in [6.45, 7) is 32.7. The van der Waals surface area contributed by atoms with Crippen LogP contribution in [0.25, 0.3) is 0 Å². The number of carbonyl (C=O) groups is 5. The van der Waals surface area contributed by atoms with Gasteiger partial charge in [-0.15, -0.1) is 0 Å². The van der Waals surface area contributed by atoms with Gasteiger partial charge in [0, 0.05) is 12.3 Å². The minimum absolute atomic E-state index is 0.00236. The van der Waals surface area contributed by atoms with Crippen molar-refractivity contribution >= 4 is 29.8 Å². The predicted molar refractivity (Wildman–Crippen MR) is 310 cm³/mol. The number of carbonyl (C=O) groups excluding carboxylic acids is 5. The van der Waals surface area contributed by atoms with Crippen LogP contribution in [0.4, 0.5) is 0 Å². The Morgan fingerprint density at radius 2 is 1.11 bits per heavy atom. The van der Waals surface area contributed by atoms with E-state index in [0.717, 1.165) is 67.6 Å². The van der Waals surface area contributed by atoms with Gasteiger partial charge in [0.2, 0.25) is 6.10 Å². The molecule has 10 aliphatic carbocycles. The second kappa shape index (κ2) is 25.2. The summed E-state index contributed by atoms with van der Waals surface area (Å²) in [5, 5.41) is 16.7. The highest BCUT2D eigenvalue weighted by Crippen LogP contribution is 2.65. The van der Waals surface area contributed by atoms with Crippen LogP contribution in [-0.2, 0) is 61.9 Å². The van der Waals surface area contributed by atoms with E-state index in [1.807, 2.05) is 48.5 Å². The van der Waals surface area contributed by atoms with Crippen molar-refractivity contribution in [1.29, 1.82) is 5.26 Å². The van der Waals surface area contributed by atoms with Gasteiger partial charge in [-0.2, -0.15) is 5.26 Å². The summed E-state index contributed by atoms with van der Waals surface area (Å²) in [4.78, 5) is 61.4. The second-order valence-electron chi connectivity index (χ2n) is 30.5. The normalized spacial score (nSPS) is 38.0. The molecule has 0 aromatic heterocycles. The molecule has 82 heavy (non-hydrogen) atoms. The van der Waals surface area contributed by atoms with Crippen LogP contribution in [0.3, 0.4) is 0 Å². The van der Waals surface area contributed by atoms with Crippen LogP contribution >= 0.6 is 0 Å². The molecule has 13 fully saturated rings. The summed E-state index contributed by atoms with van der Waals surface area (Å²) in [5.41, 5.74) is -2.26. The summed E-state index contributed by atoms with van der Waals surface area (Å²) >= 11 is 0. The zero-order valence-corrected chi connectivity index (χ0v) is 53.7. The molecule has 0 radical (unpaired) electrons. The molecule has 0 aromatic rings. The van der Waals surface area contributed by atoms with Gasteiger partial charge in [-0.05, 0) is 258 Å². The number of rotatable bonds is 15. The van der Waals surface area contributed by atoms with Crippen molar-refractivity contribution in [2.24, 2.45) is 80.3 Å². The van der Waals surface area contributed by atoms with E-state index < -0.39 is 53.8 Å². The molecule has 1 N–H and O–H groups in total. The molecule has 15 nitrogen and oxygen atoms in total. The number of esters is 5. The first-order chi connectivity index (χ1) is 38.2. The Morgan fingerprint density at radius 1 is 0.610 bits per heavy atom. The highest BCUT2D eigenvalue weighted by Gasteiger charge is 2.65. The summed E-state index contributed by atoms with van der Waals surface area (Å²) in [6, 6.07) is 1.75. The smallest absolute Gasteiger partial charge is 0.350 e. The Balaban J connectivity index is 0.000000156. The van der Waals surface area contributed by atoms with Crippen molar-refractivity contribution in [3.05, 3.63) is 0 Å². The third-order valence-corrected chi connectivity index (χ3v) is 22.9. The molecule has 9 unspecified atom stereocenters. The molecule has 13 aliphatic rings. The van der Waals surface area contributed by atoms with Crippen LogP contribution in [0, 0.1) is 91.7 Å². The van der Waals surface area contributed by atoms with E-state index in [4.69, 9.17) is 43.2 Å². The van der Waals surface area contributed by atoms with E-state index >= 15 is 0 Å². The molecule has 3 saturated heterocycles. The lowest BCUT2D eigenvalue weighted by molar-refractivity contribution is -0.218. The first kappa shape index (κ1) is 66.2. The largest absolute Gasteiger partial charge is 0.462 e. The fourth-order valence-corrected chi connectivity index (χ4v) is 16.4. The lowest BCUT2D eigenvalue weighted by atomic mass is 9.46. The molecule has 0 spiro atoms. The van der Waals surface area contributed by atoms with Crippen molar-refractivity contribution in [3.63, 3.8) is 0 Å². The average Bonchev–Trinajstić information content (AvgIpc) is 1.30. The summed E-state index contributed by atoms with van der Waals surface area (Å²) in [7, 11) is 0. The van der Waals surface area contributed by atoms with Crippen LogP contribution in [0.2, 0.25) is 0 Å². The molecule has 15 heteroatoms. The summed E-state index contributed by atoms with van der Waals surface area (Å²) in [6.07, 6.45) is 20.2. The topological polar surface area (TPSA) is 203 Å². The quantitative estimate of drug-likeness (QED) is 0.120. The molecule has 3 aliphatic heterocycles. The Kier molecular flexibility index (Phi) is 20.3. The van der Waals surface area contributed by atoms with E-state index in [0.29, 0.717) is 24.2 Å². The molecule has 0 amide bonds. The number of hydrogen-bond donors (Lipinski definition) is 1. The van der Waals surface area contributed by atoms with E-state index in [9.17, 15) is 29.1 Å². The number of ether oxygens (including phenoxy) is 8. The molecular formula is C67H109NO14. The molecule has 10 bridgehead atoms. The Bertz CT molecular complexity index is 2240. The van der Waals surface area contributed by atoms with Gasteiger partial charge in [0.25, 0.3) is 0 Å². The van der Waals surface area contributed by atoms with Crippen molar-refractivity contribution < 1.29 is 67.0 Å². The van der Waals surface area contributed by atoms with Crippen molar-refractivity contribution in [2.45, 2.75) is 300 Å². The third kappa shape index (κ3) is 13.6. The molecular weight excluding hydrogens is 1040 g/mol. The van der Waals surface area contributed by atoms with Gasteiger partial charge < -0.3 is 43.0 Å². The minimum atomic E-state index is -1.18. The fraction of sp³-hybridized carbons (Fsp3) is 0.910. The first-order valence-corrected chi connectivity index (χ1v) is 32.3. The van der Waals surface area contributed by atoms with Crippen molar-refractivity contribution in [3.8, 4) is 6.07 Å². The third-order valence-electron chi connectivity index (χ3n) is 22.9. The Labute approximate surface area is 493 Å². The fourth-order valence-electron chi connectivity index (χ4n) is 16.4. The second-order valence-corrected chi connectivity index (χ2v) is 30.5. The standard InChI is InChI=1S/C19H32O2.C18H30O2.C15H22O8.C13H22O2.C2H3N/c1-6-17(2,3)16(20)21-18(4,5)19-10-13-7-14(11-19)9-15(8-13)12-19;1-5-17(3,4)16(19)20-18(6-2)14-8-12-7-13(10-14)11-15(18)9-12;1-5-15(4,6-16)13(18)21-9-7-8(19-11(9)17)10-12(20-7)23-14(2,3)22-10;1-4-13(2,3)12(14)15-11-8-9-5-6-10(11)7-9;1-2-3/h13-15H,6-12H2,1-5H3;12-15H,5-11H2,1-4H3;7-10,12,16H,5-6H2,1-4H3;9-11H,4-8H2,1-3H3;1H3. The lowest BCUT2D eigenvalue weighted by Gasteiger charge is -2.61. The lowest BCUT2D eigenvalue weighted by Crippen LogP contribution is -2.60.